The van der Waals surface area contributed by atoms with Crippen LogP contribution in [0, 0.1) is 12.7 Å². The Morgan fingerprint density at radius 3 is 2.53 bits per heavy atom. The summed E-state index contributed by atoms with van der Waals surface area (Å²) in [4.78, 5) is 28.4. The summed E-state index contributed by atoms with van der Waals surface area (Å²) < 4.78 is 15.2. The molecule has 4 rings (SSSR count). The van der Waals surface area contributed by atoms with Crippen LogP contribution in [0.4, 0.5) is 15.8 Å². The van der Waals surface area contributed by atoms with E-state index in [0.717, 1.165) is 11.1 Å². The third-order valence-corrected chi connectivity index (χ3v) is 6.68. The summed E-state index contributed by atoms with van der Waals surface area (Å²) in [7, 11) is 0. The molecule has 5 N–H and O–H groups in total. The third kappa shape index (κ3) is 6.04. The normalized spacial score (nSPS) is 14.4. The average Bonchev–Trinajstić information content (AvgIpc) is 2.91. The van der Waals surface area contributed by atoms with E-state index in [1.807, 2.05) is 61.5 Å². The molecule has 1 aliphatic rings. The molecule has 3 aromatic rings. The van der Waals surface area contributed by atoms with Crippen LogP contribution >= 0.6 is 11.6 Å². The molecule has 0 bridgehead atoms. The van der Waals surface area contributed by atoms with Crippen molar-refractivity contribution >= 4 is 40.4 Å². The molecule has 196 valence electrons. The van der Waals surface area contributed by atoms with Gasteiger partial charge in [0.05, 0.1) is 10.7 Å². The van der Waals surface area contributed by atoms with Gasteiger partial charge < -0.3 is 16.0 Å². The van der Waals surface area contributed by atoms with Gasteiger partial charge in [-0.2, -0.15) is 0 Å². The smallest absolute Gasteiger partial charge is 0.247 e. The number of nitrogens with one attached hydrogen (secondary N) is 1. The van der Waals surface area contributed by atoms with Gasteiger partial charge in [-0.1, -0.05) is 59.6 Å². The molecular weight excluding hydrogens is 505 g/mol. The number of nitrogens with two attached hydrogens (primary N) is 2. The van der Waals surface area contributed by atoms with Gasteiger partial charge in [-0.3, -0.25) is 14.6 Å². The Hall–Kier alpha value is -4.14. The minimum atomic E-state index is -0.779. The Bertz CT molecular complexity index is 1380. The second-order valence-corrected chi connectivity index (χ2v) is 9.42. The van der Waals surface area contributed by atoms with Crippen LogP contribution in [-0.4, -0.2) is 29.3 Å². The first-order valence-corrected chi connectivity index (χ1v) is 12.5. The van der Waals surface area contributed by atoms with Crippen LogP contribution in [0.5, 0.6) is 0 Å². The highest BCUT2D eigenvalue weighted by molar-refractivity contribution is 6.31. The lowest BCUT2D eigenvalue weighted by Crippen LogP contribution is -2.49. The van der Waals surface area contributed by atoms with Crippen LogP contribution in [0.3, 0.4) is 0 Å². The molecule has 2 amide bonds. The molecule has 3 aromatic carbocycles. The summed E-state index contributed by atoms with van der Waals surface area (Å²) in [6.45, 7) is 2.16. The van der Waals surface area contributed by atoms with Gasteiger partial charge in [0.15, 0.2) is 5.82 Å². The Kier molecular flexibility index (Phi) is 8.45. The molecule has 0 fully saturated rings. The molecule has 0 aliphatic carbocycles. The quantitative estimate of drug-likeness (QED) is 0.286. The Balaban J connectivity index is 1.66. The van der Waals surface area contributed by atoms with Crippen LogP contribution in [0.2, 0.25) is 5.02 Å². The van der Waals surface area contributed by atoms with Gasteiger partial charge in [0, 0.05) is 42.7 Å². The van der Waals surface area contributed by atoms with Gasteiger partial charge >= 0.3 is 0 Å². The van der Waals surface area contributed by atoms with Crippen molar-refractivity contribution in [3.8, 4) is 0 Å². The third-order valence-electron chi connectivity index (χ3n) is 6.39. The number of hydrogen-bond acceptors (Lipinski definition) is 5. The molecular formula is C29H29ClFN5O2. The number of hydrazine groups is 1. The number of aryl methyl sites for hydroxylation is 1. The molecule has 1 aliphatic heterocycles. The zero-order chi connectivity index (χ0) is 27.2. The standard InChI is InChI=1S/C29H29ClFN5O2/c1-19-7-9-22(10-8-19)34-29(38)25(17-20-5-3-2-4-6-20)35-15-13-21(18-26(35)37)27-24(36(33)16-14-32)12-11-23(30)28(27)31/h2-12,14,16,18,25H,13,15,17,32-33H2,1H3,(H,34,38)/b16-14-. The van der Waals surface area contributed by atoms with E-state index in [4.69, 9.17) is 23.2 Å². The average molecular weight is 534 g/mol. The van der Waals surface area contributed by atoms with Crippen molar-refractivity contribution in [3.63, 3.8) is 0 Å². The van der Waals surface area contributed by atoms with Crippen molar-refractivity contribution in [2.45, 2.75) is 25.8 Å². The minimum absolute atomic E-state index is 0.0934. The summed E-state index contributed by atoms with van der Waals surface area (Å²) in [6.07, 6.45) is 4.55. The Morgan fingerprint density at radius 2 is 1.87 bits per heavy atom. The van der Waals surface area contributed by atoms with Gasteiger partial charge in [-0.15, -0.1) is 0 Å². The van der Waals surface area contributed by atoms with E-state index in [2.05, 4.69) is 5.32 Å². The van der Waals surface area contributed by atoms with Crippen LogP contribution in [0.1, 0.15) is 23.1 Å². The number of nitrogens with zero attached hydrogens (tertiary/aromatic N) is 2. The van der Waals surface area contributed by atoms with Gasteiger partial charge in [0.1, 0.15) is 6.04 Å². The number of benzene rings is 3. The molecule has 9 heteroatoms. The molecule has 0 aromatic heterocycles. The number of rotatable bonds is 8. The number of halogens is 2. The maximum Gasteiger partial charge on any atom is 0.247 e. The van der Waals surface area contributed by atoms with Crippen molar-refractivity contribution in [2.75, 3.05) is 16.9 Å². The maximum absolute atomic E-state index is 15.2. The SMILES string of the molecule is Cc1ccc(NC(=O)C(Cc2ccccc2)N2CCC(c3c(N(N)/C=C\N)ccc(Cl)c3F)=CC2=O)cc1. The van der Waals surface area contributed by atoms with E-state index in [0.29, 0.717) is 29.8 Å². The van der Waals surface area contributed by atoms with Crippen LogP contribution in [-0.2, 0) is 16.0 Å². The van der Waals surface area contributed by atoms with Gasteiger partial charge in [-0.05, 0) is 48.7 Å². The molecule has 7 nitrogen and oxygen atoms in total. The second kappa shape index (κ2) is 11.9. The van der Waals surface area contributed by atoms with E-state index in [1.165, 1.54) is 34.5 Å². The number of carbonyl (C=O) groups excluding carboxylic acids is 2. The Morgan fingerprint density at radius 1 is 1.16 bits per heavy atom. The van der Waals surface area contributed by atoms with Crippen molar-refractivity contribution in [1.82, 2.24) is 4.90 Å². The van der Waals surface area contributed by atoms with Gasteiger partial charge in [0.2, 0.25) is 11.8 Å². The first kappa shape index (κ1) is 26.9. The van der Waals surface area contributed by atoms with E-state index >= 15 is 4.39 Å². The molecule has 0 radical (unpaired) electrons. The van der Waals surface area contributed by atoms with Crippen molar-refractivity contribution < 1.29 is 14.0 Å². The van der Waals surface area contributed by atoms with Crippen LogP contribution < -0.4 is 21.9 Å². The fraction of sp³-hybridized carbons (Fsp3) is 0.172. The number of amides is 2. The number of anilines is 2. The predicted molar refractivity (Wildman–Crippen MR) is 149 cm³/mol. The fourth-order valence-electron chi connectivity index (χ4n) is 4.44. The summed E-state index contributed by atoms with van der Waals surface area (Å²) in [5.41, 5.74) is 8.93. The lowest BCUT2D eigenvalue weighted by Gasteiger charge is -2.34. The summed E-state index contributed by atoms with van der Waals surface area (Å²) in [5, 5.41) is 4.00. The van der Waals surface area contributed by atoms with Crippen LogP contribution in [0.25, 0.3) is 5.57 Å². The Labute approximate surface area is 226 Å². The molecule has 1 unspecified atom stereocenters. The monoisotopic (exact) mass is 533 g/mol. The van der Waals surface area contributed by atoms with Crippen molar-refractivity contribution in [1.29, 1.82) is 0 Å². The van der Waals surface area contributed by atoms with Crippen molar-refractivity contribution in [2.24, 2.45) is 11.6 Å². The minimum Gasteiger partial charge on any atom is -0.403 e. The van der Waals surface area contributed by atoms with E-state index in [9.17, 15) is 9.59 Å². The molecule has 1 heterocycles. The largest absolute Gasteiger partial charge is 0.403 e. The zero-order valence-electron chi connectivity index (χ0n) is 20.9. The van der Waals surface area contributed by atoms with Crippen molar-refractivity contribution in [3.05, 3.63) is 113 Å². The molecule has 0 saturated heterocycles. The predicted octanol–water partition coefficient (Wildman–Crippen LogP) is 4.76. The van der Waals surface area contributed by atoms with Gasteiger partial charge in [0.25, 0.3) is 0 Å². The molecule has 1 atom stereocenters. The first-order valence-electron chi connectivity index (χ1n) is 12.1. The topological polar surface area (TPSA) is 105 Å². The first-order chi connectivity index (χ1) is 18.3. The highest BCUT2D eigenvalue weighted by Gasteiger charge is 2.33. The van der Waals surface area contributed by atoms with Gasteiger partial charge in [-0.25, -0.2) is 10.2 Å². The maximum atomic E-state index is 15.2. The summed E-state index contributed by atoms with van der Waals surface area (Å²) >= 11 is 6.07. The summed E-state index contributed by atoms with van der Waals surface area (Å²) in [5.74, 6) is 4.63. The van der Waals surface area contributed by atoms with E-state index in [-0.39, 0.29) is 23.0 Å². The van der Waals surface area contributed by atoms with Crippen LogP contribution in [0.15, 0.2) is 85.2 Å². The van der Waals surface area contributed by atoms with E-state index < -0.39 is 17.8 Å². The fourth-order valence-corrected chi connectivity index (χ4v) is 4.60. The molecule has 38 heavy (non-hydrogen) atoms. The highest BCUT2D eigenvalue weighted by atomic mass is 35.5. The molecule has 0 spiro atoms. The second-order valence-electron chi connectivity index (χ2n) is 9.02. The lowest BCUT2D eigenvalue weighted by molar-refractivity contribution is -0.135. The highest BCUT2D eigenvalue weighted by Crippen LogP contribution is 2.36. The zero-order valence-corrected chi connectivity index (χ0v) is 21.7. The number of carbonyl (C=O) groups is 2. The number of hydrogen-bond donors (Lipinski definition) is 3. The molecule has 0 saturated carbocycles. The van der Waals surface area contributed by atoms with E-state index in [1.54, 1.807) is 6.07 Å². The lowest BCUT2D eigenvalue weighted by atomic mass is 9.94. The summed E-state index contributed by atoms with van der Waals surface area (Å²) in [6, 6.07) is 19.1.